The van der Waals surface area contributed by atoms with Crippen molar-refractivity contribution in [3.8, 4) is 11.5 Å². The number of rotatable bonds is 4. The summed E-state index contributed by atoms with van der Waals surface area (Å²) in [7, 11) is 3.08. The molecule has 0 aliphatic heterocycles. The normalized spacial score (nSPS) is 12.3. The number of methoxy groups -OCH3 is 2. The largest absolute Gasteiger partial charge is 0.493 e. The Morgan fingerprint density at radius 2 is 2.00 bits per heavy atom. The van der Waals surface area contributed by atoms with Gasteiger partial charge in [0, 0.05) is 12.6 Å². The van der Waals surface area contributed by atoms with Crippen LogP contribution < -0.4 is 20.9 Å². The van der Waals surface area contributed by atoms with Crippen molar-refractivity contribution >= 4 is 11.6 Å². The third-order valence-electron chi connectivity index (χ3n) is 2.14. The molecule has 0 fully saturated rings. The van der Waals surface area contributed by atoms with Crippen LogP contribution in [0.2, 0.25) is 5.02 Å². The van der Waals surface area contributed by atoms with Gasteiger partial charge in [0.25, 0.3) is 0 Å². The van der Waals surface area contributed by atoms with Crippen molar-refractivity contribution in [3.05, 3.63) is 22.7 Å². The molecule has 0 heterocycles. The van der Waals surface area contributed by atoms with Crippen molar-refractivity contribution in [1.82, 2.24) is 0 Å². The summed E-state index contributed by atoms with van der Waals surface area (Å²) in [5.41, 5.74) is 12.1. The minimum atomic E-state index is -0.248. The third-order valence-corrected chi connectivity index (χ3v) is 2.42. The SMILES string of the molecule is COc1cc([C@@H](N)CN)cc(Cl)c1OC. The average molecular weight is 231 g/mol. The Labute approximate surface area is 94.1 Å². The van der Waals surface area contributed by atoms with Crippen LogP contribution in [0.5, 0.6) is 11.5 Å². The van der Waals surface area contributed by atoms with Crippen molar-refractivity contribution in [1.29, 1.82) is 0 Å². The van der Waals surface area contributed by atoms with Crippen molar-refractivity contribution in [2.45, 2.75) is 6.04 Å². The Bertz CT molecular complexity index is 344. The lowest BCUT2D eigenvalue weighted by atomic mass is 10.1. The van der Waals surface area contributed by atoms with E-state index in [1.807, 2.05) is 0 Å². The average Bonchev–Trinajstić information content (AvgIpc) is 2.26. The summed E-state index contributed by atoms with van der Waals surface area (Å²) in [4.78, 5) is 0. The van der Waals surface area contributed by atoms with Crippen molar-refractivity contribution < 1.29 is 9.47 Å². The first-order valence-electron chi connectivity index (χ1n) is 4.51. The number of ether oxygens (including phenoxy) is 2. The molecule has 5 heteroatoms. The summed E-state index contributed by atoms with van der Waals surface area (Å²) in [6.45, 7) is 0.353. The second-order valence-electron chi connectivity index (χ2n) is 3.08. The van der Waals surface area contributed by atoms with E-state index >= 15 is 0 Å². The minimum absolute atomic E-state index is 0.248. The zero-order chi connectivity index (χ0) is 11.4. The van der Waals surface area contributed by atoms with Gasteiger partial charge in [0.2, 0.25) is 0 Å². The lowest BCUT2D eigenvalue weighted by molar-refractivity contribution is 0.354. The predicted molar refractivity (Wildman–Crippen MR) is 60.5 cm³/mol. The van der Waals surface area contributed by atoms with Gasteiger partial charge in [0.15, 0.2) is 11.5 Å². The number of hydrogen-bond acceptors (Lipinski definition) is 4. The van der Waals surface area contributed by atoms with Crippen LogP contribution in [-0.4, -0.2) is 20.8 Å². The van der Waals surface area contributed by atoms with E-state index in [-0.39, 0.29) is 6.04 Å². The quantitative estimate of drug-likeness (QED) is 0.819. The van der Waals surface area contributed by atoms with E-state index in [1.165, 1.54) is 7.11 Å². The molecule has 0 saturated carbocycles. The topological polar surface area (TPSA) is 70.5 Å². The summed E-state index contributed by atoms with van der Waals surface area (Å²) in [5, 5.41) is 0.468. The molecule has 1 atom stereocenters. The zero-order valence-electron chi connectivity index (χ0n) is 8.79. The standard InChI is InChI=1S/C10H15ClN2O2/c1-14-9-4-6(8(13)5-12)3-7(11)10(9)15-2/h3-4,8H,5,12-13H2,1-2H3/t8-/m0/s1. The first kappa shape index (κ1) is 12.1. The van der Waals surface area contributed by atoms with Gasteiger partial charge < -0.3 is 20.9 Å². The molecule has 0 radical (unpaired) electrons. The number of hydrogen-bond donors (Lipinski definition) is 2. The highest BCUT2D eigenvalue weighted by molar-refractivity contribution is 6.32. The van der Waals surface area contributed by atoms with Gasteiger partial charge in [0.05, 0.1) is 19.2 Å². The van der Waals surface area contributed by atoms with Gasteiger partial charge in [0.1, 0.15) is 0 Å². The van der Waals surface area contributed by atoms with Gasteiger partial charge in [-0.25, -0.2) is 0 Å². The first-order chi connectivity index (χ1) is 7.13. The van der Waals surface area contributed by atoms with Gasteiger partial charge in [-0.2, -0.15) is 0 Å². The van der Waals surface area contributed by atoms with Crippen LogP contribution >= 0.6 is 11.6 Å². The maximum Gasteiger partial charge on any atom is 0.179 e. The maximum atomic E-state index is 6.01. The second kappa shape index (κ2) is 5.21. The molecule has 1 aromatic rings. The van der Waals surface area contributed by atoms with Crippen LogP contribution in [-0.2, 0) is 0 Å². The first-order valence-corrected chi connectivity index (χ1v) is 4.88. The van der Waals surface area contributed by atoms with Crippen molar-refractivity contribution in [3.63, 3.8) is 0 Å². The van der Waals surface area contributed by atoms with E-state index in [1.54, 1.807) is 19.2 Å². The molecular formula is C10H15ClN2O2. The highest BCUT2D eigenvalue weighted by Gasteiger charge is 2.13. The molecule has 0 saturated heterocycles. The van der Waals surface area contributed by atoms with E-state index in [0.29, 0.717) is 23.1 Å². The second-order valence-corrected chi connectivity index (χ2v) is 3.49. The number of benzene rings is 1. The zero-order valence-corrected chi connectivity index (χ0v) is 9.54. The molecule has 1 rings (SSSR count). The van der Waals surface area contributed by atoms with Gasteiger partial charge >= 0.3 is 0 Å². The summed E-state index contributed by atoms with van der Waals surface area (Å²) in [6.07, 6.45) is 0. The molecule has 1 aromatic carbocycles. The highest BCUT2D eigenvalue weighted by Crippen LogP contribution is 2.37. The van der Waals surface area contributed by atoms with Crippen LogP contribution in [0, 0.1) is 0 Å². The van der Waals surface area contributed by atoms with Gasteiger partial charge in [-0.3, -0.25) is 0 Å². The summed E-state index contributed by atoms with van der Waals surface area (Å²) < 4.78 is 10.3. The smallest absolute Gasteiger partial charge is 0.179 e. The Morgan fingerprint density at radius 3 is 2.47 bits per heavy atom. The summed E-state index contributed by atoms with van der Waals surface area (Å²) >= 11 is 6.01. The van der Waals surface area contributed by atoms with Crippen LogP contribution in [0.25, 0.3) is 0 Å². The number of nitrogens with two attached hydrogens (primary N) is 2. The Kier molecular flexibility index (Phi) is 4.20. The predicted octanol–water partition coefficient (Wildman–Crippen LogP) is 1.32. The van der Waals surface area contributed by atoms with E-state index in [9.17, 15) is 0 Å². The monoisotopic (exact) mass is 230 g/mol. The Hall–Kier alpha value is -0.970. The van der Waals surface area contributed by atoms with Gasteiger partial charge in [-0.1, -0.05) is 11.6 Å². The van der Waals surface area contributed by atoms with E-state index in [4.69, 9.17) is 32.5 Å². The van der Waals surface area contributed by atoms with Crippen LogP contribution in [0.15, 0.2) is 12.1 Å². The van der Waals surface area contributed by atoms with E-state index in [0.717, 1.165) is 5.56 Å². The highest BCUT2D eigenvalue weighted by atomic mass is 35.5. The molecule has 15 heavy (non-hydrogen) atoms. The molecule has 0 amide bonds. The lowest BCUT2D eigenvalue weighted by Crippen LogP contribution is -2.20. The number of halogens is 1. The fourth-order valence-electron chi connectivity index (χ4n) is 1.29. The Balaban J connectivity index is 3.19. The maximum absolute atomic E-state index is 6.01. The molecule has 0 aliphatic carbocycles. The molecule has 4 nitrogen and oxygen atoms in total. The molecule has 84 valence electrons. The molecule has 0 spiro atoms. The van der Waals surface area contributed by atoms with E-state index in [2.05, 4.69) is 0 Å². The van der Waals surface area contributed by atoms with Gasteiger partial charge in [-0.15, -0.1) is 0 Å². The third kappa shape index (κ3) is 2.53. The minimum Gasteiger partial charge on any atom is -0.493 e. The summed E-state index contributed by atoms with van der Waals surface area (Å²) in [6, 6.07) is 3.27. The van der Waals surface area contributed by atoms with E-state index < -0.39 is 0 Å². The fourth-order valence-corrected chi connectivity index (χ4v) is 1.58. The van der Waals surface area contributed by atoms with Crippen LogP contribution in [0.3, 0.4) is 0 Å². The molecule has 0 aromatic heterocycles. The molecule has 0 unspecified atom stereocenters. The Morgan fingerprint density at radius 1 is 1.33 bits per heavy atom. The molecule has 4 N–H and O–H groups in total. The molecule has 0 bridgehead atoms. The summed E-state index contributed by atoms with van der Waals surface area (Å²) in [5.74, 6) is 1.07. The van der Waals surface area contributed by atoms with Gasteiger partial charge in [-0.05, 0) is 17.7 Å². The van der Waals surface area contributed by atoms with Crippen LogP contribution in [0.4, 0.5) is 0 Å². The molecular weight excluding hydrogens is 216 g/mol. The lowest BCUT2D eigenvalue weighted by Gasteiger charge is -2.14. The molecule has 0 aliphatic rings. The fraction of sp³-hybridized carbons (Fsp3) is 0.400. The van der Waals surface area contributed by atoms with Crippen molar-refractivity contribution in [2.24, 2.45) is 11.5 Å². The van der Waals surface area contributed by atoms with Crippen molar-refractivity contribution in [2.75, 3.05) is 20.8 Å². The van der Waals surface area contributed by atoms with Crippen LogP contribution in [0.1, 0.15) is 11.6 Å².